The van der Waals surface area contributed by atoms with E-state index in [2.05, 4.69) is 5.10 Å². The fourth-order valence-electron chi connectivity index (χ4n) is 1.82. The van der Waals surface area contributed by atoms with Crippen molar-refractivity contribution in [3.05, 3.63) is 59.7 Å². The number of rotatable bonds is 5. The molecule has 2 rings (SSSR count). The van der Waals surface area contributed by atoms with Crippen LogP contribution in [0.3, 0.4) is 0 Å². The molecule has 22 heavy (non-hydrogen) atoms. The summed E-state index contributed by atoms with van der Waals surface area (Å²) in [7, 11) is 4.82. The molecule has 0 aromatic heterocycles. The minimum atomic E-state index is -0.188. The zero-order valence-corrected chi connectivity index (χ0v) is 12.8. The second kappa shape index (κ2) is 7.26. The van der Waals surface area contributed by atoms with Crippen LogP contribution in [0.5, 0.6) is 11.5 Å². The Morgan fingerprint density at radius 1 is 0.955 bits per heavy atom. The molecule has 0 saturated heterocycles. The van der Waals surface area contributed by atoms with Crippen LogP contribution in [0.15, 0.2) is 53.6 Å². The second-order valence-electron chi connectivity index (χ2n) is 4.57. The lowest BCUT2D eigenvalue weighted by molar-refractivity contribution is 0.0800. The van der Waals surface area contributed by atoms with Gasteiger partial charge in [-0.2, -0.15) is 5.10 Å². The van der Waals surface area contributed by atoms with Crippen LogP contribution >= 0.6 is 0 Å². The van der Waals surface area contributed by atoms with E-state index >= 15 is 0 Å². The lowest BCUT2D eigenvalue weighted by Gasteiger charge is -2.11. The molecule has 0 N–H and O–H groups in total. The first kappa shape index (κ1) is 15.6. The van der Waals surface area contributed by atoms with Crippen LogP contribution in [0.1, 0.15) is 15.9 Å². The summed E-state index contributed by atoms with van der Waals surface area (Å²) >= 11 is 0. The number of amides is 1. The van der Waals surface area contributed by atoms with Crippen molar-refractivity contribution in [1.29, 1.82) is 0 Å². The molecule has 0 atom stereocenters. The van der Waals surface area contributed by atoms with Crippen LogP contribution in [0.2, 0.25) is 0 Å². The molecule has 0 aliphatic carbocycles. The maximum Gasteiger partial charge on any atom is 0.273 e. The molecule has 5 nitrogen and oxygen atoms in total. The monoisotopic (exact) mass is 298 g/mol. The molecule has 0 spiro atoms. The van der Waals surface area contributed by atoms with Gasteiger partial charge in [-0.05, 0) is 54.1 Å². The van der Waals surface area contributed by atoms with Crippen LogP contribution in [0.25, 0.3) is 0 Å². The van der Waals surface area contributed by atoms with Gasteiger partial charge in [0.1, 0.15) is 11.5 Å². The predicted molar refractivity (Wildman–Crippen MR) is 85.7 cm³/mol. The third-order valence-corrected chi connectivity index (χ3v) is 3.13. The van der Waals surface area contributed by atoms with Crippen LogP contribution < -0.4 is 9.47 Å². The maximum absolute atomic E-state index is 12.2. The quantitative estimate of drug-likeness (QED) is 0.630. The highest BCUT2D eigenvalue weighted by atomic mass is 16.5. The Kier molecular flexibility index (Phi) is 5.14. The summed E-state index contributed by atoms with van der Waals surface area (Å²) in [5.41, 5.74) is 1.44. The molecule has 2 aromatic rings. The van der Waals surface area contributed by atoms with Crippen molar-refractivity contribution in [3.8, 4) is 11.5 Å². The molecule has 0 bridgehead atoms. The van der Waals surface area contributed by atoms with Crippen molar-refractivity contribution < 1.29 is 14.3 Å². The number of hydrogen-bond acceptors (Lipinski definition) is 4. The zero-order chi connectivity index (χ0) is 15.9. The Bertz CT molecular complexity index is 649. The lowest BCUT2D eigenvalue weighted by Crippen LogP contribution is -2.21. The van der Waals surface area contributed by atoms with Crippen molar-refractivity contribution >= 4 is 12.1 Å². The summed E-state index contributed by atoms with van der Waals surface area (Å²) in [6.45, 7) is 0. The van der Waals surface area contributed by atoms with E-state index in [0.29, 0.717) is 11.3 Å². The van der Waals surface area contributed by atoms with E-state index < -0.39 is 0 Å². The van der Waals surface area contributed by atoms with Gasteiger partial charge in [0.05, 0.1) is 20.4 Å². The van der Waals surface area contributed by atoms with Crippen LogP contribution in [0, 0.1) is 0 Å². The largest absolute Gasteiger partial charge is 0.497 e. The van der Waals surface area contributed by atoms with E-state index in [1.54, 1.807) is 51.7 Å². The van der Waals surface area contributed by atoms with Gasteiger partial charge in [0.15, 0.2) is 0 Å². The minimum absolute atomic E-state index is 0.188. The normalized spacial score (nSPS) is 10.5. The Morgan fingerprint density at radius 2 is 1.45 bits per heavy atom. The van der Waals surface area contributed by atoms with E-state index in [1.165, 1.54) is 5.01 Å². The van der Waals surface area contributed by atoms with Gasteiger partial charge in [-0.3, -0.25) is 4.79 Å². The van der Waals surface area contributed by atoms with Crippen molar-refractivity contribution in [2.45, 2.75) is 0 Å². The molecular formula is C17H18N2O3. The molecule has 114 valence electrons. The molecule has 5 heteroatoms. The molecular weight excluding hydrogens is 280 g/mol. The highest BCUT2D eigenvalue weighted by Gasteiger charge is 2.10. The number of carbonyl (C=O) groups excluding carboxylic acids is 1. The third-order valence-electron chi connectivity index (χ3n) is 3.13. The molecule has 0 aliphatic rings. The van der Waals surface area contributed by atoms with Gasteiger partial charge in [0.25, 0.3) is 5.91 Å². The number of ether oxygens (including phenoxy) is 2. The molecule has 2 aromatic carbocycles. The number of hydrazone groups is 1. The van der Waals surface area contributed by atoms with E-state index in [1.807, 2.05) is 24.3 Å². The lowest BCUT2D eigenvalue weighted by atomic mass is 10.2. The van der Waals surface area contributed by atoms with E-state index in [9.17, 15) is 4.79 Å². The number of nitrogens with zero attached hydrogens (tertiary/aromatic N) is 2. The minimum Gasteiger partial charge on any atom is -0.497 e. The van der Waals surface area contributed by atoms with Gasteiger partial charge >= 0.3 is 0 Å². The van der Waals surface area contributed by atoms with Gasteiger partial charge in [-0.15, -0.1) is 0 Å². The van der Waals surface area contributed by atoms with Crippen LogP contribution in [-0.2, 0) is 0 Å². The molecule has 0 saturated carbocycles. The fourth-order valence-corrected chi connectivity index (χ4v) is 1.82. The highest BCUT2D eigenvalue weighted by molar-refractivity contribution is 5.94. The van der Waals surface area contributed by atoms with Crippen molar-refractivity contribution in [2.75, 3.05) is 21.3 Å². The first-order chi connectivity index (χ1) is 10.6. The molecule has 0 aliphatic heterocycles. The SMILES string of the molecule is COc1ccc(/C=N/N(C)C(=O)c2ccc(OC)cc2)cc1. The molecule has 0 radical (unpaired) electrons. The smallest absolute Gasteiger partial charge is 0.273 e. The average molecular weight is 298 g/mol. The Balaban J connectivity index is 2.04. The van der Waals surface area contributed by atoms with Crippen molar-refractivity contribution in [2.24, 2.45) is 5.10 Å². The summed E-state index contributed by atoms with van der Waals surface area (Å²) in [5.74, 6) is 1.30. The summed E-state index contributed by atoms with van der Waals surface area (Å²) in [6, 6.07) is 14.3. The number of methoxy groups -OCH3 is 2. The Hall–Kier alpha value is -2.82. The van der Waals surface area contributed by atoms with Gasteiger partial charge < -0.3 is 9.47 Å². The Labute approximate surface area is 129 Å². The summed E-state index contributed by atoms with van der Waals surface area (Å²) in [5, 5.41) is 5.45. The number of carbonyl (C=O) groups is 1. The summed E-state index contributed by atoms with van der Waals surface area (Å²) in [6.07, 6.45) is 1.63. The topological polar surface area (TPSA) is 51.1 Å². The van der Waals surface area contributed by atoms with E-state index in [-0.39, 0.29) is 5.91 Å². The molecule has 0 heterocycles. The first-order valence-corrected chi connectivity index (χ1v) is 6.74. The summed E-state index contributed by atoms with van der Waals surface area (Å²) < 4.78 is 10.2. The predicted octanol–water partition coefficient (Wildman–Crippen LogP) is 2.81. The number of benzene rings is 2. The summed E-state index contributed by atoms with van der Waals surface area (Å²) in [4.78, 5) is 12.2. The van der Waals surface area contributed by atoms with E-state index in [0.717, 1.165) is 11.3 Å². The fraction of sp³-hybridized carbons (Fsp3) is 0.176. The third kappa shape index (κ3) is 3.85. The molecule has 1 amide bonds. The Morgan fingerprint density at radius 3 is 1.95 bits per heavy atom. The van der Waals surface area contributed by atoms with Gasteiger partial charge in [-0.25, -0.2) is 5.01 Å². The highest BCUT2D eigenvalue weighted by Crippen LogP contribution is 2.13. The molecule has 0 fully saturated rings. The standard InChI is InChI=1S/C17H18N2O3/c1-19(17(20)14-6-10-16(22-3)11-7-14)18-12-13-4-8-15(21-2)9-5-13/h4-12H,1-3H3/b18-12+. The van der Waals surface area contributed by atoms with Crippen LogP contribution in [-0.4, -0.2) is 38.4 Å². The van der Waals surface area contributed by atoms with Crippen LogP contribution in [0.4, 0.5) is 0 Å². The number of hydrogen-bond donors (Lipinski definition) is 0. The van der Waals surface area contributed by atoms with E-state index in [4.69, 9.17) is 9.47 Å². The van der Waals surface area contributed by atoms with Gasteiger partial charge in [0.2, 0.25) is 0 Å². The van der Waals surface area contributed by atoms with Gasteiger partial charge in [0, 0.05) is 12.6 Å². The van der Waals surface area contributed by atoms with Gasteiger partial charge in [-0.1, -0.05) is 0 Å². The van der Waals surface area contributed by atoms with Crippen molar-refractivity contribution in [1.82, 2.24) is 5.01 Å². The molecule has 0 unspecified atom stereocenters. The second-order valence-corrected chi connectivity index (χ2v) is 4.57. The zero-order valence-electron chi connectivity index (χ0n) is 12.8. The maximum atomic E-state index is 12.2. The first-order valence-electron chi connectivity index (χ1n) is 6.74. The average Bonchev–Trinajstić information content (AvgIpc) is 2.59. The van der Waals surface area contributed by atoms with Crippen molar-refractivity contribution in [3.63, 3.8) is 0 Å².